The zero-order chi connectivity index (χ0) is 56.3. The Balaban J connectivity index is -0.000000135. The summed E-state index contributed by atoms with van der Waals surface area (Å²) in [5, 5.41) is 42.9. The molecule has 8 aliphatic carbocycles. The van der Waals surface area contributed by atoms with Crippen LogP contribution >= 0.6 is 131 Å². The van der Waals surface area contributed by atoms with E-state index in [2.05, 4.69) is 43.8 Å². The summed E-state index contributed by atoms with van der Waals surface area (Å²) in [5.41, 5.74) is 6.21. The number of terminal acetylenes is 1. The van der Waals surface area contributed by atoms with Gasteiger partial charge in [0.05, 0.1) is 19.3 Å². The molecule has 0 aromatic rings. The van der Waals surface area contributed by atoms with Gasteiger partial charge in [0.1, 0.15) is 16.6 Å². The van der Waals surface area contributed by atoms with Gasteiger partial charge in [-0.05, 0) is 166 Å². The van der Waals surface area contributed by atoms with Gasteiger partial charge in [-0.15, -0.1) is 10.7 Å². The topological polar surface area (TPSA) is 298 Å². The second-order valence-electron chi connectivity index (χ2n) is 23.6. The molecule has 6 saturated carbocycles. The van der Waals surface area contributed by atoms with Crippen LogP contribution in [0.15, 0.2) is 28.4 Å². The Hall–Kier alpha value is -0.500. The first-order chi connectivity index (χ1) is 34.1. The number of carbonyl (C=O) groups excluding carboxylic acids is 4. The van der Waals surface area contributed by atoms with Crippen LogP contribution in [-0.2, 0) is 52.1 Å². The number of aliphatic hydroxyl groups excluding tert-OH is 2. The summed E-state index contributed by atoms with van der Waals surface area (Å²) in [7, 11) is 0.448. The van der Waals surface area contributed by atoms with Crippen LogP contribution in [0.4, 0.5) is 4.79 Å². The molecular weight excluding hydrogens is 1390 g/mol. The van der Waals surface area contributed by atoms with E-state index in [1.165, 1.54) is 25.4 Å². The average molecular weight is 1500 g/mol. The van der Waals surface area contributed by atoms with Crippen LogP contribution in [0.1, 0.15) is 169 Å². The lowest BCUT2D eigenvalue weighted by molar-refractivity contribution is -0.204. The Bertz CT molecular complexity index is 2430. The maximum absolute atomic E-state index is 12.7. The molecule has 8 rings (SSSR count). The summed E-state index contributed by atoms with van der Waals surface area (Å²) in [6, 6.07) is 0. The second-order valence-corrected chi connectivity index (χ2v) is 27.6. The number of amides is 1. The van der Waals surface area contributed by atoms with E-state index in [4.69, 9.17) is 30.9 Å². The number of rotatable bonds is 5. The Morgan fingerprint density at radius 3 is 1.35 bits per heavy atom. The Morgan fingerprint density at radius 2 is 1.07 bits per heavy atom. The zero-order valence-corrected chi connectivity index (χ0v) is 59.5. The molecule has 19 nitrogen and oxygen atoms in total. The Morgan fingerprint density at radius 1 is 0.729 bits per heavy atom. The minimum absolute atomic E-state index is 0. The molecule has 0 aromatic heterocycles. The molecule has 8 aliphatic rings. The number of carbonyl (C=O) groups is 5. The van der Waals surface area contributed by atoms with Crippen molar-refractivity contribution in [3.63, 3.8) is 0 Å². The fourth-order valence-corrected chi connectivity index (χ4v) is 15.4. The number of halogens is 1. The monoisotopic (exact) mass is 1500 g/mol. The largest absolute Gasteiger partial charge is 0.479 e. The number of ketones is 2. The molecule has 6 fully saturated rings. The van der Waals surface area contributed by atoms with Gasteiger partial charge in [-0.3, -0.25) is 9.59 Å². The lowest BCUT2D eigenvalue weighted by atomic mass is 9.45. The highest BCUT2D eigenvalue weighted by Gasteiger charge is 2.71. The van der Waals surface area contributed by atoms with Crippen molar-refractivity contribution >= 4 is 170 Å². The summed E-state index contributed by atoms with van der Waals surface area (Å²) in [4.78, 5) is 61.5. The predicted molar refractivity (Wildman–Crippen MR) is 390 cm³/mol. The number of fused-ring (bicyclic) bond motifs is 10. The van der Waals surface area contributed by atoms with Gasteiger partial charge in [0, 0.05) is 83.0 Å². The first-order valence-corrected chi connectivity index (χ1v) is 28.6. The lowest BCUT2D eigenvalue weighted by Gasteiger charge is -2.60. The number of carboxylic acids is 1. The van der Waals surface area contributed by atoms with Crippen molar-refractivity contribution in [2.45, 2.75) is 197 Å². The van der Waals surface area contributed by atoms with Crippen molar-refractivity contribution in [3.05, 3.63) is 33.7 Å². The highest BCUT2D eigenvalue weighted by Crippen LogP contribution is 2.70. The Labute approximate surface area is 580 Å². The first kappa shape index (κ1) is 101. The lowest BCUT2D eigenvalue weighted by Crippen LogP contribution is -2.62. The van der Waals surface area contributed by atoms with Crippen molar-refractivity contribution in [1.82, 2.24) is 0 Å². The number of hydrogen-bond donors (Lipinski definition) is 5. The molecule has 0 saturated heterocycles. The van der Waals surface area contributed by atoms with E-state index >= 15 is 0 Å². The van der Waals surface area contributed by atoms with Crippen LogP contribution in [0.25, 0.3) is 10.4 Å². The average Bonchev–Trinajstić information content (AvgIpc) is 3.79. The van der Waals surface area contributed by atoms with Crippen LogP contribution in [0, 0.1) is 67.5 Å². The fraction of sp³-hybridized carbons (Fsp3) is 0.804. The number of esters is 1. The highest BCUT2D eigenvalue weighted by atomic mass is 127. The minimum Gasteiger partial charge on any atom is -0.479 e. The van der Waals surface area contributed by atoms with E-state index < -0.39 is 61.5 Å². The third-order valence-corrected chi connectivity index (χ3v) is 18.7. The van der Waals surface area contributed by atoms with Crippen LogP contribution in [-0.4, -0.2) is 122 Å². The van der Waals surface area contributed by atoms with Crippen molar-refractivity contribution in [2.75, 3.05) is 33.8 Å². The SMILES string of the molecule is C.C.C.C.CC(C)(C)OC(=O)N=[N+]=[N-].COC(=O)[C@]1(OC)CCC2C3CCC4=CC(=O)CCC4(C)C3C(O)CC21C.CO[C@@]1(C(=O)O)CCC2C3CCC4=CC(=O)CCC4(C)C3C(O)CC21C.CS(C)(=O)(O)OO.S.S.S.S.S.S.S.S.[2H]C#CI. The maximum atomic E-state index is 12.7. The van der Waals surface area contributed by atoms with Gasteiger partial charge in [0.15, 0.2) is 22.8 Å². The molecule has 0 aromatic carbocycles. The van der Waals surface area contributed by atoms with Crippen molar-refractivity contribution in [1.29, 1.82) is 0 Å². The van der Waals surface area contributed by atoms with E-state index in [-0.39, 0.29) is 190 Å². The molecule has 5 N–H and O–H groups in total. The summed E-state index contributed by atoms with van der Waals surface area (Å²) in [5.74, 6) is 0.657. The molecule has 0 radical (unpaired) electrons. The molecule has 29 heteroatoms. The van der Waals surface area contributed by atoms with Gasteiger partial charge in [0.25, 0.3) is 0 Å². The normalized spacial score (nSPS) is 33.8. The van der Waals surface area contributed by atoms with Crippen LogP contribution < -0.4 is 0 Å². The number of aliphatic hydroxyl groups is 2. The van der Waals surface area contributed by atoms with Crippen molar-refractivity contribution in [2.24, 2.45) is 62.3 Å². The number of nitrogens with zero attached hydrogens (tertiary/aromatic N) is 3. The van der Waals surface area contributed by atoms with E-state index in [0.717, 1.165) is 63.9 Å². The zero-order valence-electron chi connectivity index (χ0n) is 49.5. The van der Waals surface area contributed by atoms with E-state index in [1.807, 2.05) is 25.5 Å². The standard InChI is InChI=1S/C22H32O5.C21H30O5.C5H9N3O2.C2HI.C2H8O4S.4CH4.8H2S/c1-20-9-7-14(23)11-13(20)5-6-15-16-8-10-22(27-4,19(25)26-3)21(16,2)12-17(24)18(15)20;1-19-8-6-13(22)10-12(19)4-5-14-15-7-9-21(26-3,18(24)25)20(15,2)11-16(23)17(14)19;1-5(2,3)10-4(9)7-8-6;1-2-3;1-7(2,4,5)6-3;;;;;;;;;;;;/h11,15-18,24H,5-10,12H2,1-4H3;10,14-17,23H,4-9,11H2,1-3H3,(H,24,25);1-3H3;1H;3H,1-2H3,(H,4,5);4*1H4;8*1H2/t15?,16?,17?,18?,20?,21?,22-;14?,15?,16?,17?,19?,20?,21-;;;;;;;;;;;;;;;/m11.............../s1/i;;;1D;;;;;;;;;;;;;. The number of aliphatic carboxylic acids is 1. The molecule has 0 bridgehead atoms. The van der Waals surface area contributed by atoms with Gasteiger partial charge < -0.3 is 38.8 Å². The quantitative estimate of drug-likeness (QED) is 0.0250. The fourth-order valence-electron chi connectivity index (χ4n) is 15.4. The van der Waals surface area contributed by atoms with Gasteiger partial charge in [0.2, 0.25) is 0 Å². The molecule has 0 spiro atoms. The number of hydrogen-bond acceptors (Lipinski definition) is 14. The third kappa shape index (κ3) is 21.3. The minimum atomic E-state index is -4.06. The number of azide groups is 1. The number of carboxylic acid groups (broad SMARTS) is 1. The summed E-state index contributed by atoms with van der Waals surface area (Å²) >= 11 is 1.80. The molecule has 14 atom stereocenters. The predicted octanol–water partition coefficient (Wildman–Crippen LogP) is 12.6. The summed E-state index contributed by atoms with van der Waals surface area (Å²) < 4.78 is 51.5. The molecular formula is C56H112IN3O16S9. The van der Waals surface area contributed by atoms with Crippen LogP contribution in [0.2, 0.25) is 0 Å². The molecule has 85 heavy (non-hydrogen) atoms. The van der Waals surface area contributed by atoms with Crippen LogP contribution in [0.5, 0.6) is 0 Å². The van der Waals surface area contributed by atoms with Gasteiger partial charge in [-0.1, -0.05) is 68.5 Å². The smallest absolute Gasteiger partial charge is 0.397 e. The number of methoxy groups -OCH3 is 3. The maximum Gasteiger partial charge on any atom is 0.397 e. The van der Waals surface area contributed by atoms with Gasteiger partial charge in [-0.25, -0.2) is 23.8 Å². The van der Waals surface area contributed by atoms with Gasteiger partial charge >= 0.3 is 18.0 Å². The third-order valence-electron chi connectivity index (χ3n) is 18.3. The van der Waals surface area contributed by atoms with Crippen molar-refractivity contribution in [3.8, 4) is 10.3 Å². The van der Waals surface area contributed by atoms with E-state index in [0.29, 0.717) is 50.4 Å². The van der Waals surface area contributed by atoms with Gasteiger partial charge in [-0.2, -0.15) is 108 Å². The second kappa shape index (κ2) is 39.1. The Kier molecular flexibility index (Phi) is 46.4. The van der Waals surface area contributed by atoms with E-state index in [1.54, 1.807) is 50.5 Å². The summed E-state index contributed by atoms with van der Waals surface area (Å²) in [6.45, 7) is 13.7. The number of allylic oxidation sites excluding steroid dienone is 2. The van der Waals surface area contributed by atoms with Crippen molar-refractivity contribution < 1.29 is 78.0 Å². The number of ether oxygens (including phenoxy) is 4. The molecule has 1 amide bonds. The molecule has 508 valence electrons. The van der Waals surface area contributed by atoms with E-state index in [9.17, 15) is 43.5 Å². The highest BCUT2D eigenvalue weighted by molar-refractivity contribution is 14.1. The molecule has 0 heterocycles. The van der Waals surface area contributed by atoms with Crippen LogP contribution in [0.3, 0.4) is 0 Å². The molecule has 12 unspecified atom stereocenters. The summed E-state index contributed by atoms with van der Waals surface area (Å²) in [6.07, 6.45) is 15.8. The first-order valence-electron chi connectivity index (χ1n) is 25.4. The molecule has 0 aliphatic heterocycles.